The van der Waals surface area contributed by atoms with Crippen LogP contribution >= 0.6 is 0 Å². The first-order valence-corrected chi connectivity index (χ1v) is 13.1. The van der Waals surface area contributed by atoms with Crippen LogP contribution in [0.1, 0.15) is 50.3 Å². The van der Waals surface area contributed by atoms with Gasteiger partial charge in [0.25, 0.3) is 0 Å². The standard InChI is InChI=1S/C32H32N6/c1-20(2)23-6-7-29-27(16-23)31(22-8-11-33-12-9-22)37-38(29)19-32(4,5)26-10-13-34-28(17-26)24-14-21(3)30-25(15-24)18-35-36-30/h6-18,20H,19H2,1-5H3,(H,35,36). The van der Waals surface area contributed by atoms with Gasteiger partial charge in [0, 0.05) is 45.9 Å². The zero-order chi connectivity index (χ0) is 26.4. The van der Waals surface area contributed by atoms with Gasteiger partial charge in [-0.05, 0) is 78.1 Å². The molecule has 0 fully saturated rings. The molecule has 38 heavy (non-hydrogen) atoms. The minimum Gasteiger partial charge on any atom is -0.278 e. The van der Waals surface area contributed by atoms with Crippen LogP contribution < -0.4 is 0 Å². The van der Waals surface area contributed by atoms with Crippen molar-refractivity contribution in [2.45, 2.75) is 52.5 Å². The van der Waals surface area contributed by atoms with Gasteiger partial charge < -0.3 is 0 Å². The Morgan fingerprint density at radius 2 is 1.74 bits per heavy atom. The first kappa shape index (κ1) is 24.0. The lowest BCUT2D eigenvalue weighted by molar-refractivity contribution is 0.417. The summed E-state index contributed by atoms with van der Waals surface area (Å²) >= 11 is 0. The monoisotopic (exact) mass is 500 g/mol. The van der Waals surface area contributed by atoms with Crippen LogP contribution in [0.5, 0.6) is 0 Å². The number of aryl methyl sites for hydroxylation is 1. The summed E-state index contributed by atoms with van der Waals surface area (Å²) in [6.45, 7) is 11.9. The van der Waals surface area contributed by atoms with Crippen LogP contribution in [0.3, 0.4) is 0 Å². The summed E-state index contributed by atoms with van der Waals surface area (Å²) in [5.74, 6) is 0.449. The molecule has 6 rings (SSSR count). The second-order valence-electron chi connectivity index (χ2n) is 11.1. The minimum atomic E-state index is -0.183. The molecule has 6 heteroatoms. The largest absolute Gasteiger partial charge is 0.278 e. The summed E-state index contributed by atoms with van der Waals surface area (Å²) in [4.78, 5) is 8.93. The molecule has 0 bridgehead atoms. The van der Waals surface area contributed by atoms with Gasteiger partial charge in [0.1, 0.15) is 5.69 Å². The first-order valence-electron chi connectivity index (χ1n) is 13.1. The second kappa shape index (κ2) is 9.21. The van der Waals surface area contributed by atoms with Gasteiger partial charge >= 0.3 is 0 Å². The molecule has 0 aliphatic heterocycles. The van der Waals surface area contributed by atoms with Crippen LogP contribution in [0.4, 0.5) is 0 Å². The summed E-state index contributed by atoms with van der Waals surface area (Å²) < 4.78 is 2.16. The number of rotatable bonds is 6. The molecule has 0 radical (unpaired) electrons. The lowest BCUT2D eigenvalue weighted by Crippen LogP contribution is -2.25. The third-order valence-corrected chi connectivity index (χ3v) is 7.52. The SMILES string of the molecule is Cc1cc(-c2cc(C(C)(C)Cn3nc(-c4ccncc4)c4cc(C(C)C)ccc43)ccn2)cc2cn[nH]c12. The van der Waals surface area contributed by atoms with E-state index in [1.807, 2.05) is 36.9 Å². The molecule has 0 atom stereocenters. The highest BCUT2D eigenvalue weighted by Crippen LogP contribution is 2.34. The lowest BCUT2D eigenvalue weighted by atomic mass is 9.84. The van der Waals surface area contributed by atoms with E-state index < -0.39 is 0 Å². The topological polar surface area (TPSA) is 72.3 Å². The van der Waals surface area contributed by atoms with Crippen molar-refractivity contribution in [3.8, 4) is 22.5 Å². The van der Waals surface area contributed by atoms with E-state index in [9.17, 15) is 0 Å². The molecular formula is C32H32N6. The molecule has 2 aromatic carbocycles. The Morgan fingerprint density at radius 3 is 2.53 bits per heavy atom. The summed E-state index contributed by atoms with van der Waals surface area (Å²) in [6.07, 6.45) is 7.45. The molecule has 0 saturated heterocycles. The molecule has 0 aliphatic carbocycles. The fourth-order valence-corrected chi connectivity index (χ4v) is 5.26. The number of H-pyrrole nitrogens is 1. The minimum absolute atomic E-state index is 0.183. The third-order valence-electron chi connectivity index (χ3n) is 7.52. The van der Waals surface area contributed by atoms with Crippen molar-refractivity contribution in [3.05, 3.63) is 96.1 Å². The van der Waals surface area contributed by atoms with Crippen LogP contribution in [-0.2, 0) is 12.0 Å². The van der Waals surface area contributed by atoms with Crippen molar-refractivity contribution in [3.63, 3.8) is 0 Å². The van der Waals surface area contributed by atoms with Gasteiger partial charge in [-0.25, -0.2) is 0 Å². The average Bonchev–Trinajstić information content (AvgIpc) is 3.54. The first-order chi connectivity index (χ1) is 18.3. The van der Waals surface area contributed by atoms with Gasteiger partial charge in [-0.15, -0.1) is 0 Å². The highest BCUT2D eigenvalue weighted by Gasteiger charge is 2.25. The molecule has 190 valence electrons. The van der Waals surface area contributed by atoms with Gasteiger partial charge in [-0.3, -0.25) is 19.7 Å². The van der Waals surface area contributed by atoms with E-state index in [0.29, 0.717) is 5.92 Å². The number of hydrogen-bond acceptors (Lipinski definition) is 4. The molecule has 0 aliphatic rings. The zero-order valence-corrected chi connectivity index (χ0v) is 22.5. The van der Waals surface area contributed by atoms with Crippen LogP contribution in [0.2, 0.25) is 0 Å². The summed E-state index contributed by atoms with van der Waals surface area (Å²) in [6, 6.07) is 19.5. The van der Waals surface area contributed by atoms with Crippen molar-refractivity contribution in [1.82, 2.24) is 29.9 Å². The van der Waals surface area contributed by atoms with Gasteiger partial charge in [-0.1, -0.05) is 33.8 Å². The van der Waals surface area contributed by atoms with Crippen LogP contribution in [0, 0.1) is 6.92 Å². The average molecular weight is 501 g/mol. The Morgan fingerprint density at radius 1 is 0.921 bits per heavy atom. The second-order valence-corrected chi connectivity index (χ2v) is 11.1. The Labute approximate surface area is 222 Å². The fraction of sp³-hybridized carbons (Fsp3) is 0.250. The number of hydrogen-bond donors (Lipinski definition) is 1. The summed E-state index contributed by atoms with van der Waals surface area (Å²) in [7, 11) is 0. The fourth-order valence-electron chi connectivity index (χ4n) is 5.26. The maximum Gasteiger partial charge on any atom is 0.100 e. The molecule has 0 saturated carbocycles. The molecule has 6 aromatic rings. The van der Waals surface area contributed by atoms with E-state index in [1.165, 1.54) is 16.5 Å². The Bertz CT molecular complexity index is 1760. The van der Waals surface area contributed by atoms with Crippen molar-refractivity contribution >= 4 is 21.8 Å². The maximum absolute atomic E-state index is 5.15. The van der Waals surface area contributed by atoms with E-state index in [0.717, 1.165) is 51.0 Å². The predicted molar refractivity (Wildman–Crippen MR) is 154 cm³/mol. The number of nitrogens with zero attached hydrogens (tertiary/aromatic N) is 5. The van der Waals surface area contributed by atoms with E-state index in [1.54, 1.807) is 0 Å². The van der Waals surface area contributed by atoms with Crippen molar-refractivity contribution in [1.29, 1.82) is 0 Å². The van der Waals surface area contributed by atoms with Crippen LogP contribution in [-0.4, -0.2) is 29.9 Å². The Balaban J connectivity index is 1.40. The van der Waals surface area contributed by atoms with E-state index >= 15 is 0 Å². The number of nitrogens with one attached hydrogen (secondary N) is 1. The summed E-state index contributed by atoms with van der Waals surface area (Å²) in [5, 5.41) is 14.7. The van der Waals surface area contributed by atoms with Crippen LogP contribution in [0.25, 0.3) is 44.3 Å². The van der Waals surface area contributed by atoms with Crippen molar-refractivity contribution in [2.75, 3.05) is 0 Å². The van der Waals surface area contributed by atoms with Crippen LogP contribution in [0.15, 0.2) is 79.4 Å². The zero-order valence-electron chi connectivity index (χ0n) is 22.5. The summed E-state index contributed by atoms with van der Waals surface area (Å²) in [5.41, 5.74) is 9.87. The third kappa shape index (κ3) is 4.26. The maximum atomic E-state index is 5.15. The molecular weight excluding hydrogens is 468 g/mol. The number of fused-ring (bicyclic) bond motifs is 2. The van der Waals surface area contributed by atoms with Crippen molar-refractivity contribution < 1.29 is 0 Å². The molecule has 1 N–H and O–H groups in total. The quantitative estimate of drug-likeness (QED) is 0.258. The highest BCUT2D eigenvalue weighted by molar-refractivity contribution is 5.94. The lowest BCUT2D eigenvalue weighted by Gasteiger charge is -2.26. The molecule has 4 heterocycles. The molecule has 4 aromatic heterocycles. The van der Waals surface area contributed by atoms with E-state index in [2.05, 4.69) is 96.9 Å². The molecule has 0 unspecified atom stereocenters. The van der Waals surface area contributed by atoms with E-state index in [-0.39, 0.29) is 5.41 Å². The Kier molecular flexibility index (Phi) is 5.83. The number of benzene rings is 2. The molecule has 0 spiro atoms. The van der Waals surface area contributed by atoms with E-state index in [4.69, 9.17) is 10.1 Å². The van der Waals surface area contributed by atoms with Gasteiger partial charge in [0.15, 0.2) is 0 Å². The predicted octanol–water partition coefficient (Wildman–Crippen LogP) is 7.45. The number of pyridine rings is 2. The van der Waals surface area contributed by atoms with Gasteiger partial charge in [-0.2, -0.15) is 10.2 Å². The van der Waals surface area contributed by atoms with Crippen molar-refractivity contribution in [2.24, 2.45) is 0 Å². The number of aromatic amines is 1. The molecule has 0 amide bonds. The van der Waals surface area contributed by atoms with Gasteiger partial charge in [0.2, 0.25) is 0 Å². The molecule has 6 nitrogen and oxygen atoms in total. The normalized spacial score (nSPS) is 12.2. The number of aromatic nitrogens is 6. The smallest absolute Gasteiger partial charge is 0.100 e. The Hall–Kier alpha value is -4.32. The highest BCUT2D eigenvalue weighted by atomic mass is 15.3. The van der Waals surface area contributed by atoms with Gasteiger partial charge in [0.05, 0.1) is 29.5 Å².